The van der Waals surface area contributed by atoms with E-state index in [4.69, 9.17) is 4.99 Å². The summed E-state index contributed by atoms with van der Waals surface area (Å²) in [7, 11) is 0. The summed E-state index contributed by atoms with van der Waals surface area (Å²) in [6.45, 7) is 6.86. The number of hydrogen-bond acceptors (Lipinski definition) is 4. The molecule has 0 saturated carbocycles. The van der Waals surface area contributed by atoms with Crippen LogP contribution in [-0.4, -0.2) is 49.7 Å². The van der Waals surface area contributed by atoms with E-state index < -0.39 is 0 Å². The minimum atomic E-state index is -0.271. The van der Waals surface area contributed by atoms with Crippen LogP contribution in [0.1, 0.15) is 18.9 Å². The number of nitrogens with zero attached hydrogens (tertiary/aromatic N) is 4. The number of guanidine groups is 1. The fraction of sp³-hybridized carbons (Fsp3) is 0.391. The SMILES string of the molecule is CCNC(=NCc1cccc(N2CC=CC2)c1)NC1CCN(c2ncccc2F)C1. The van der Waals surface area contributed by atoms with Gasteiger partial charge in [0, 0.05) is 50.6 Å². The monoisotopic (exact) mass is 408 g/mol. The molecule has 2 aliphatic heterocycles. The number of pyridine rings is 1. The van der Waals surface area contributed by atoms with Crippen LogP contribution >= 0.6 is 0 Å². The van der Waals surface area contributed by atoms with Gasteiger partial charge in [0.05, 0.1) is 6.54 Å². The van der Waals surface area contributed by atoms with Crippen LogP contribution in [0.3, 0.4) is 0 Å². The van der Waals surface area contributed by atoms with Crippen molar-refractivity contribution in [3.8, 4) is 0 Å². The first-order chi connectivity index (χ1) is 14.7. The van der Waals surface area contributed by atoms with Gasteiger partial charge in [-0.25, -0.2) is 14.4 Å². The Hall–Kier alpha value is -3.09. The van der Waals surface area contributed by atoms with E-state index in [1.54, 1.807) is 12.3 Å². The summed E-state index contributed by atoms with van der Waals surface area (Å²) in [5, 5.41) is 6.83. The van der Waals surface area contributed by atoms with E-state index in [1.165, 1.54) is 17.3 Å². The molecule has 1 saturated heterocycles. The lowest BCUT2D eigenvalue weighted by Crippen LogP contribution is -2.44. The van der Waals surface area contributed by atoms with Gasteiger partial charge >= 0.3 is 0 Å². The van der Waals surface area contributed by atoms with Crippen LogP contribution in [0, 0.1) is 5.82 Å². The summed E-state index contributed by atoms with van der Waals surface area (Å²) in [5.41, 5.74) is 2.41. The molecular weight excluding hydrogens is 379 g/mol. The molecule has 1 aromatic carbocycles. The molecule has 1 fully saturated rings. The van der Waals surface area contributed by atoms with E-state index in [-0.39, 0.29) is 11.9 Å². The molecule has 4 rings (SSSR count). The zero-order valence-electron chi connectivity index (χ0n) is 17.4. The molecule has 0 radical (unpaired) electrons. The van der Waals surface area contributed by atoms with Gasteiger partial charge in [0.25, 0.3) is 0 Å². The Balaban J connectivity index is 1.37. The molecule has 30 heavy (non-hydrogen) atoms. The second-order valence-electron chi connectivity index (χ2n) is 7.63. The first-order valence-electron chi connectivity index (χ1n) is 10.6. The molecule has 0 amide bonds. The third-order valence-electron chi connectivity index (χ3n) is 5.43. The van der Waals surface area contributed by atoms with Crippen molar-refractivity contribution in [1.29, 1.82) is 0 Å². The Morgan fingerprint density at radius 3 is 2.87 bits per heavy atom. The summed E-state index contributed by atoms with van der Waals surface area (Å²) < 4.78 is 14.0. The molecule has 1 atom stereocenters. The number of hydrogen-bond donors (Lipinski definition) is 2. The van der Waals surface area contributed by atoms with Crippen molar-refractivity contribution in [1.82, 2.24) is 15.6 Å². The average Bonchev–Trinajstić information content (AvgIpc) is 3.45. The lowest BCUT2D eigenvalue weighted by atomic mass is 10.2. The van der Waals surface area contributed by atoms with E-state index >= 15 is 0 Å². The van der Waals surface area contributed by atoms with Gasteiger partial charge in [-0.2, -0.15) is 0 Å². The number of halogens is 1. The quantitative estimate of drug-likeness (QED) is 0.437. The highest BCUT2D eigenvalue weighted by molar-refractivity contribution is 5.80. The zero-order valence-corrected chi connectivity index (χ0v) is 17.4. The molecule has 1 unspecified atom stereocenters. The molecular formula is C23H29FN6. The van der Waals surface area contributed by atoms with Crippen molar-refractivity contribution >= 4 is 17.5 Å². The van der Waals surface area contributed by atoms with Gasteiger partial charge < -0.3 is 20.4 Å². The fourth-order valence-corrected chi connectivity index (χ4v) is 3.90. The minimum Gasteiger partial charge on any atom is -0.364 e. The number of nitrogens with one attached hydrogen (secondary N) is 2. The lowest BCUT2D eigenvalue weighted by molar-refractivity contribution is 0.612. The Kier molecular flexibility index (Phi) is 6.47. The zero-order chi connectivity index (χ0) is 20.8. The maximum absolute atomic E-state index is 14.0. The minimum absolute atomic E-state index is 0.200. The Morgan fingerprint density at radius 2 is 2.07 bits per heavy atom. The molecule has 7 heteroatoms. The number of rotatable bonds is 6. The summed E-state index contributed by atoms with van der Waals surface area (Å²) in [6, 6.07) is 11.8. The molecule has 2 aliphatic rings. The van der Waals surface area contributed by atoms with Crippen molar-refractivity contribution in [2.45, 2.75) is 25.9 Å². The molecule has 158 valence electrons. The second-order valence-corrected chi connectivity index (χ2v) is 7.63. The molecule has 0 spiro atoms. The van der Waals surface area contributed by atoms with E-state index in [0.29, 0.717) is 18.9 Å². The van der Waals surface area contributed by atoms with Crippen LogP contribution in [-0.2, 0) is 6.54 Å². The van der Waals surface area contributed by atoms with Crippen LogP contribution in [0.15, 0.2) is 59.7 Å². The molecule has 2 N–H and O–H groups in total. The highest BCUT2D eigenvalue weighted by Gasteiger charge is 2.25. The van der Waals surface area contributed by atoms with Gasteiger partial charge in [-0.05, 0) is 43.2 Å². The van der Waals surface area contributed by atoms with Crippen molar-refractivity contribution in [3.05, 3.63) is 66.1 Å². The van der Waals surface area contributed by atoms with Crippen molar-refractivity contribution in [2.75, 3.05) is 42.5 Å². The third-order valence-corrected chi connectivity index (χ3v) is 5.43. The summed E-state index contributed by atoms with van der Waals surface area (Å²) in [5.74, 6) is 0.947. The number of anilines is 2. The summed E-state index contributed by atoms with van der Waals surface area (Å²) in [6.07, 6.45) is 6.94. The Labute approximate surface area is 177 Å². The number of aliphatic imine (C=N–C) groups is 1. The first-order valence-corrected chi connectivity index (χ1v) is 10.6. The van der Waals surface area contributed by atoms with Gasteiger partial charge in [0.2, 0.25) is 0 Å². The van der Waals surface area contributed by atoms with E-state index in [0.717, 1.165) is 38.6 Å². The second kappa shape index (κ2) is 9.61. The van der Waals surface area contributed by atoms with Crippen molar-refractivity contribution < 1.29 is 4.39 Å². The molecule has 1 aromatic heterocycles. The maximum Gasteiger partial charge on any atom is 0.191 e. The predicted molar refractivity (Wildman–Crippen MR) is 121 cm³/mol. The molecule has 3 heterocycles. The standard InChI is InChI=1S/C23H29FN6/c1-2-25-23(27-16-18-7-5-8-20(15-18)29-12-3-4-13-29)28-19-10-14-30(17-19)22-21(24)9-6-11-26-22/h3-9,11,15,19H,2,10,12-14,16-17H2,1H3,(H2,25,27,28). The van der Waals surface area contributed by atoms with Gasteiger partial charge in [-0.1, -0.05) is 24.3 Å². The number of aromatic nitrogens is 1. The Morgan fingerprint density at radius 1 is 1.20 bits per heavy atom. The summed E-state index contributed by atoms with van der Waals surface area (Å²) in [4.78, 5) is 13.3. The normalized spacial score (nSPS) is 18.9. The smallest absolute Gasteiger partial charge is 0.191 e. The van der Waals surface area contributed by atoms with Crippen LogP contribution in [0.2, 0.25) is 0 Å². The van der Waals surface area contributed by atoms with Crippen LogP contribution in [0.25, 0.3) is 0 Å². The van der Waals surface area contributed by atoms with Gasteiger partial charge in [0.1, 0.15) is 0 Å². The van der Waals surface area contributed by atoms with E-state index in [2.05, 4.69) is 63.9 Å². The topological polar surface area (TPSA) is 55.8 Å². The van der Waals surface area contributed by atoms with Gasteiger partial charge in [-0.15, -0.1) is 0 Å². The highest BCUT2D eigenvalue weighted by Crippen LogP contribution is 2.21. The third kappa shape index (κ3) is 4.90. The van der Waals surface area contributed by atoms with Crippen molar-refractivity contribution in [3.63, 3.8) is 0 Å². The van der Waals surface area contributed by atoms with Crippen LogP contribution in [0.5, 0.6) is 0 Å². The highest BCUT2D eigenvalue weighted by atomic mass is 19.1. The molecule has 2 aromatic rings. The predicted octanol–water partition coefficient (Wildman–Crippen LogP) is 2.93. The lowest BCUT2D eigenvalue weighted by Gasteiger charge is -2.20. The number of benzene rings is 1. The molecule has 6 nitrogen and oxygen atoms in total. The Bertz CT molecular complexity index is 904. The molecule has 0 bridgehead atoms. The van der Waals surface area contributed by atoms with E-state index in [9.17, 15) is 4.39 Å². The molecule has 0 aliphatic carbocycles. The maximum atomic E-state index is 14.0. The van der Waals surface area contributed by atoms with Gasteiger partial charge in [-0.3, -0.25) is 0 Å². The van der Waals surface area contributed by atoms with E-state index in [1.807, 2.05) is 4.90 Å². The summed E-state index contributed by atoms with van der Waals surface area (Å²) >= 11 is 0. The van der Waals surface area contributed by atoms with Crippen molar-refractivity contribution in [2.24, 2.45) is 4.99 Å². The fourth-order valence-electron chi connectivity index (χ4n) is 3.90. The first kappa shape index (κ1) is 20.2. The van der Waals surface area contributed by atoms with Crippen LogP contribution < -0.4 is 20.4 Å². The van der Waals surface area contributed by atoms with Gasteiger partial charge in [0.15, 0.2) is 17.6 Å². The largest absolute Gasteiger partial charge is 0.364 e. The average molecular weight is 409 g/mol. The van der Waals surface area contributed by atoms with Crippen LogP contribution in [0.4, 0.5) is 15.9 Å².